The topological polar surface area (TPSA) is 138 Å². The van der Waals surface area contributed by atoms with Crippen LogP contribution in [0.15, 0.2) is 30.3 Å². The third-order valence-electron chi connectivity index (χ3n) is 3.98. The Hall–Kier alpha value is -3.89. The predicted molar refractivity (Wildman–Crippen MR) is 117 cm³/mol. The molecular formula is C22H28N4O7. The summed E-state index contributed by atoms with van der Waals surface area (Å²) in [6.07, 6.45) is 0. The van der Waals surface area contributed by atoms with E-state index < -0.39 is 29.4 Å². The van der Waals surface area contributed by atoms with Gasteiger partial charge < -0.3 is 29.6 Å². The highest BCUT2D eigenvalue weighted by atomic mass is 16.6. The zero-order valence-electron chi connectivity index (χ0n) is 19.4. The third kappa shape index (κ3) is 7.95. The van der Waals surface area contributed by atoms with Crippen LogP contribution in [0.2, 0.25) is 0 Å². The van der Waals surface area contributed by atoms with Gasteiger partial charge in [-0.05, 0) is 39.8 Å². The van der Waals surface area contributed by atoms with Crippen LogP contribution in [-0.4, -0.2) is 60.2 Å². The molecular weight excluding hydrogens is 432 g/mol. The summed E-state index contributed by atoms with van der Waals surface area (Å²) in [6, 6.07) is 6.84. The van der Waals surface area contributed by atoms with Crippen LogP contribution in [-0.2, 0) is 14.3 Å². The van der Waals surface area contributed by atoms with Gasteiger partial charge in [-0.2, -0.15) is 9.97 Å². The van der Waals surface area contributed by atoms with Crippen LogP contribution >= 0.6 is 0 Å². The molecule has 0 saturated heterocycles. The average Bonchev–Trinajstić information content (AvgIpc) is 2.76. The maximum absolute atomic E-state index is 12.8. The summed E-state index contributed by atoms with van der Waals surface area (Å²) < 4.78 is 21.0. The Morgan fingerprint density at radius 1 is 1.03 bits per heavy atom. The van der Waals surface area contributed by atoms with Gasteiger partial charge in [0.1, 0.15) is 23.9 Å². The molecule has 2 amide bonds. The Morgan fingerprint density at radius 3 is 2.21 bits per heavy atom. The van der Waals surface area contributed by atoms with Gasteiger partial charge in [-0.1, -0.05) is 12.1 Å². The fraction of sp³-hybridized carbons (Fsp3) is 0.409. The van der Waals surface area contributed by atoms with Crippen molar-refractivity contribution in [1.82, 2.24) is 20.6 Å². The van der Waals surface area contributed by atoms with E-state index in [1.54, 1.807) is 39.0 Å². The highest BCUT2D eigenvalue weighted by Crippen LogP contribution is 2.26. The molecule has 1 atom stereocenters. The molecule has 0 aliphatic carbocycles. The number of hydrogen-bond acceptors (Lipinski definition) is 9. The number of hydrogen-bond donors (Lipinski definition) is 2. The molecule has 2 rings (SSSR count). The fourth-order valence-electron chi connectivity index (χ4n) is 2.51. The van der Waals surface area contributed by atoms with Gasteiger partial charge >= 0.3 is 12.0 Å². The minimum atomic E-state index is -0.929. The molecule has 2 aromatic rings. The van der Waals surface area contributed by atoms with Crippen molar-refractivity contribution < 1.29 is 33.3 Å². The predicted octanol–water partition coefficient (Wildman–Crippen LogP) is 1.86. The van der Waals surface area contributed by atoms with E-state index in [0.29, 0.717) is 0 Å². The van der Waals surface area contributed by atoms with E-state index in [9.17, 15) is 14.4 Å². The molecule has 0 fully saturated rings. The summed E-state index contributed by atoms with van der Waals surface area (Å²) in [5, 5.41) is 5.00. The van der Waals surface area contributed by atoms with Gasteiger partial charge in [0.15, 0.2) is 0 Å². The summed E-state index contributed by atoms with van der Waals surface area (Å²) in [5.41, 5.74) is -0.517. The van der Waals surface area contributed by atoms with Crippen LogP contribution in [0.5, 0.6) is 23.5 Å². The molecule has 33 heavy (non-hydrogen) atoms. The van der Waals surface area contributed by atoms with Crippen LogP contribution in [0.3, 0.4) is 0 Å². The lowest BCUT2D eigenvalue weighted by molar-refractivity contribution is -0.154. The Morgan fingerprint density at radius 2 is 1.64 bits per heavy atom. The summed E-state index contributed by atoms with van der Waals surface area (Å²) in [4.78, 5) is 45.0. The number of esters is 1. The second-order valence-corrected chi connectivity index (χ2v) is 7.83. The number of ether oxygens (including phenoxy) is 4. The van der Waals surface area contributed by atoms with Crippen molar-refractivity contribution in [2.75, 3.05) is 20.8 Å². The van der Waals surface area contributed by atoms with Crippen molar-refractivity contribution in [1.29, 1.82) is 0 Å². The molecule has 1 aromatic carbocycles. The Kier molecular flexibility index (Phi) is 8.55. The van der Waals surface area contributed by atoms with E-state index in [1.165, 1.54) is 33.3 Å². The molecule has 0 bridgehead atoms. The summed E-state index contributed by atoms with van der Waals surface area (Å²) in [6.45, 7) is 6.35. The van der Waals surface area contributed by atoms with E-state index in [0.717, 1.165) is 0 Å². The molecule has 0 aliphatic rings. The molecule has 0 aliphatic heterocycles. The number of aromatic nitrogens is 2. The highest BCUT2D eigenvalue weighted by molar-refractivity contribution is 5.99. The van der Waals surface area contributed by atoms with E-state index in [1.807, 2.05) is 0 Å². The molecule has 0 saturated carbocycles. The van der Waals surface area contributed by atoms with E-state index in [-0.39, 0.29) is 35.6 Å². The maximum atomic E-state index is 12.8. The molecule has 11 heteroatoms. The SMILES string of the molecule is COc1cc(OC)nc(Oc2ccccc2C(=O)NC(C)C(=O)NCC(=O)OC(C)(C)C)n1. The lowest BCUT2D eigenvalue weighted by Crippen LogP contribution is -2.46. The van der Waals surface area contributed by atoms with Gasteiger partial charge in [-0.3, -0.25) is 14.4 Å². The van der Waals surface area contributed by atoms with Crippen LogP contribution in [0, 0.1) is 0 Å². The number of para-hydroxylation sites is 1. The first-order chi connectivity index (χ1) is 15.5. The third-order valence-corrected chi connectivity index (χ3v) is 3.98. The quantitative estimate of drug-likeness (QED) is 0.537. The largest absolute Gasteiger partial charge is 0.481 e. The minimum Gasteiger partial charge on any atom is -0.481 e. The summed E-state index contributed by atoms with van der Waals surface area (Å²) in [7, 11) is 2.87. The first kappa shape index (κ1) is 25.4. The monoisotopic (exact) mass is 460 g/mol. The number of carbonyl (C=O) groups excluding carboxylic acids is 3. The smallest absolute Gasteiger partial charge is 0.328 e. The van der Waals surface area contributed by atoms with Crippen molar-refractivity contribution in [2.45, 2.75) is 39.3 Å². The summed E-state index contributed by atoms with van der Waals surface area (Å²) >= 11 is 0. The van der Waals surface area contributed by atoms with Gasteiger partial charge in [-0.25, -0.2) is 0 Å². The molecule has 2 N–H and O–H groups in total. The van der Waals surface area contributed by atoms with E-state index in [2.05, 4.69) is 20.6 Å². The number of carbonyl (C=O) groups is 3. The van der Waals surface area contributed by atoms with Crippen molar-refractivity contribution in [3.63, 3.8) is 0 Å². The van der Waals surface area contributed by atoms with Gasteiger partial charge in [0.25, 0.3) is 5.91 Å². The molecule has 1 heterocycles. The van der Waals surface area contributed by atoms with E-state index in [4.69, 9.17) is 18.9 Å². The lowest BCUT2D eigenvalue weighted by Gasteiger charge is -2.20. The minimum absolute atomic E-state index is 0.0883. The highest BCUT2D eigenvalue weighted by Gasteiger charge is 2.22. The van der Waals surface area contributed by atoms with Gasteiger partial charge in [0.05, 0.1) is 25.8 Å². The Balaban J connectivity index is 2.06. The summed E-state index contributed by atoms with van der Waals surface area (Å²) in [5.74, 6) is -1.11. The van der Waals surface area contributed by atoms with Crippen molar-refractivity contribution in [2.24, 2.45) is 0 Å². The van der Waals surface area contributed by atoms with Crippen LogP contribution in [0.4, 0.5) is 0 Å². The molecule has 0 radical (unpaired) electrons. The molecule has 1 aromatic heterocycles. The number of methoxy groups -OCH3 is 2. The zero-order chi connectivity index (χ0) is 24.6. The average molecular weight is 460 g/mol. The zero-order valence-corrected chi connectivity index (χ0v) is 19.4. The Labute approximate surface area is 191 Å². The molecule has 11 nitrogen and oxygen atoms in total. The molecule has 0 spiro atoms. The second kappa shape index (κ2) is 11.1. The van der Waals surface area contributed by atoms with Crippen molar-refractivity contribution >= 4 is 17.8 Å². The first-order valence-electron chi connectivity index (χ1n) is 10.1. The fourth-order valence-corrected chi connectivity index (χ4v) is 2.51. The number of nitrogens with zero attached hydrogens (tertiary/aromatic N) is 2. The maximum Gasteiger partial charge on any atom is 0.328 e. The van der Waals surface area contributed by atoms with Crippen molar-refractivity contribution in [3.05, 3.63) is 35.9 Å². The van der Waals surface area contributed by atoms with Crippen molar-refractivity contribution in [3.8, 4) is 23.5 Å². The lowest BCUT2D eigenvalue weighted by atomic mass is 10.1. The normalized spacial score (nSPS) is 11.7. The number of benzene rings is 1. The molecule has 1 unspecified atom stereocenters. The van der Waals surface area contributed by atoms with Gasteiger partial charge in [0, 0.05) is 0 Å². The molecule has 178 valence electrons. The van der Waals surface area contributed by atoms with Gasteiger partial charge in [0.2, 0.25) is 17.7 Å². The Bertz CT molecular complexity index is 982. The van der Waals surface area contributed by atoms with Gasteiger partial charge in [-0.15, -0.1) is 0 Å². The van der Waals surface area contributed by atoms with Crippen LogP contribution in [0.1, 0.15) is 38.1 Å². The van der Waals surface area contributed by atoms with Crippen LogP contribution < -0.4 is 24.8 Å². The first-order valence-corrected chi connectivity index (χ1v) is 10.1. The van der Waals surface area contributed by atoms with Crippen LogP contribution in [0.25, 0.3) is 0 Å². The number of amides is 2. The number of rotatable bonds is 9. The standard InChI is InChI=1S/C22H28N4O7/c1-13(19(28)23-12-18(27)33-22(2,3)4)24-20(29)14-9-7-8-10-15(14)32-21-25-16(30-5)11-17(26-21)31-6/h7-11,13H,12H2,1-6H3,(H,23,28)(H,24,29). The van der Waals surface area contributed by atoms with E-state index >= 15 is 0 Å². The second-order valence-electron chi connectivity index (χ2n) is 7.83. The number of nitrogens with one attached hydrogen (secondary N) is 2.